The molecule has 0 spiro atoms. The quantitative estimate of drug-likeness (QED) is 0.489. The minimum absolute atomic E-state index is 0.276. The van der Waals surface area contributed by atoms with E-state index in [9.17, 15) is 14.9 Å². The number of methoxy groups -OCH3 is 1. The number of anilines is 1. The van der Waals surface area contributed by atoms with Crippen molar-refractivity contribution in [2.45, 2.75) is 50.8 Å². The number of ether oxygens (including phenoxy) is 2. The third-order valence-electron chi connectivity index (χ3n) is 6.68. The number of nitrogens with one attached hydrogen (secondary N) is 1. The van der Waals surface area contributed by atoms with Gasteiger partial charge in [-0.1, -0.05) is 60.7 Å². The SMILES string of the molecule is COc1ccc([C@](C)(C#N)[C@@]2(NC(=O)OC(C)(C)C)C(=O)N(Cc3ccccc3)c3ccccc32)cc1. The van der Waals surface area contributed by atoms with Crippen LogP contribution < -0.4 is 15.0 Å². The van der Waals surface area contributed by atoms with Crippen LogP contribution >= 0.6 is 0 Å². The third-order valence-corrected chi connectivity index (χ3v) is 6.68. The van der Waals surface area contributed by atoms with Gasteiger partial charge in [0.15, 0.2) is 5.54 Å². The standard InChI is InChI=1S/C30H31N3O4/c1-28(2,3)37-27(35)32-30(29(4,20-31)22-15-17-23(36-5)18-16-22)24-13-9-10-14-25(24)33(26(30)34)19-21-11-7-6-8-12-21/h6-18H,19H2,1-5H3,(H,32,35)/t29-,30-/m0/s1. The van der Waals surface area contributed by atoms with Crippen molar-refractivity contribution in [1.29, 1.82) is 5.26 Å². The predicted molar refractivity (Wildman–Crippen MR) is 141 cm³/mol. The van der Waals surface area contributed by atoms with Crippen molar-refractivity contribution in [2.24, 2.45) is 0 Å². The molecular formula is C30H31N3O4. The fourth-order valence-electron chi connectivity index (χ4n) is 4.85. The van der Waals surface area contributed by atoms with Crippen LogP contribution in [0.2, 0.25) is 0 Å². The third kappa shape index (κ3) is 4.51. The Morgan fingerprint density at radius 2 is 1.59 bits per heavy atom. The van der Waals surface area contributed by atoms with Crippen molar-refractivity contribution in [3.63, 3.8) is 0 Å². The number of nitrogens with zero attached hydrogens (tertiary/aromatic N) is 2. The second-order valence-corrected chi connectivity index (χ2v) is 10.2. The highest BCUT2D eigenvalue weighted by atomic mass is 16.6. The molecule has 0 fully saturated rings. The summed E-state index contributed by atoms with van der Waals surface area (Å²) in [4.78, 5) is 29.5. The maximum Gasteiger partial charge on any atom is 0.408 e. The number of hydrogen-bond acceptors (Lipinski definition) is 5. The molecule has 190 valence electrons. The van der Waals surface area contributed by atoms with Crippen LogP contribution in [0.5, 0.6) is 5.75 Å². The molecule has 0 radical (unpaired) electrons. The van der Waals surface area contributed by atoms with Crippen LogP contribution in [0.1, 0.15) is 44.4 Å². The smallest absolute Gasteiger partial charge is 0.408 e. The molecular weight excluding hydrogens is 466 g/mol. The monoisotopic (exact) mass is 497 g/mol. The summed E-state index contributed by atoms with van der Waals surface area (Å²) < 4.78 is 10.9. The van der Waals surface area contributed by atoms with E-state index < -0.39 is 28.6 Å². The molecule has 0 bridgehead atoms. The summed E-state index contributed by atoms with van der Waals surface area (Å²) in [5, 5.41) is 13.6. The molecule has 1 heterocycles. The van der Waals surface area contributed by atoms with E-state index in [0.29, 0.717) is 22.6 Å². The van der Waals surface area contributed by atoms with Crippen molar-refractivity contribution in [3.05, 3.63) is 95.6 Å². The molecule has 0 saturated carbocycles. The Morgan fingerprint density at radius 1 is 0.973 bits per heavy atom. The lowest BCUT2D eigenvalue weighted by Gasteiger charge is -2.41. The van der Waals surface area contributed by atoms with E-state index in [-0.39, 0.29) is 6.54 Å². The van der Waals surface area contributed by atoms with Gasteiger partial charge in [-0.15, -0.1) is 0 Å². The molecule has 0 aliphatic carbocycles. The summed E-state index contributed by atoms with van der Waals surface area (Å²) >= 11 is 0. The number of para-hydroxylation sites is 1. The van der Waals surface area contributed by atoms with Gasteiger partial charge in [-0.05, 0) is 57.0 Å². The molecule has 3 aromatic rings. The number of amides is 2. The van der Waals surface area contributed by atoms with Crippen molar-refractivity contribution >= 4 is 17.7 Å². The Kier molecular flexibility index (Phi) is 6.70. The van der Waals surface area contributed by atoms with E-state index in [1.165, 1.54) is 0 Å². The maximum atomic E-state index is 14.6. The molecule has 4 rings (SSSR count). The molecule has 0 unspecified atom stereocenters. The van der Waals surface area contributed by atoms with Crippen LogP contribution in [-0.4, -0.2) is 24.7 Å². The van der Waals surface area contributed by atoms with E-state index in [0.717, 1.165) is 5.56 Å². The van der Waals surface area contributed by atoms with Crippen LogP contribution in [0.4, 0.5) is 10.5 Å². The Balaban J connectivity index is 1.94. The number of hydrogen-bond donors (Lipinski definition) is 1. The number of nitriles is 1. The van der Waals surface area contributed by atoms with Gasteiger partial charge in [0.05, 0.1) is 25.4 Å². The minimum atomic E-state index is -1.76. The normalized spacial score (nSPS) is 18.4. The number of benzene rings is 3. The molecule has 1 aliphatic heterocycles. The van der Waals surface area contributed by atoms with Gasteiger partial charge in [0.25, 0.3) is 5.91 Å². The van der Waals surface area contributed by atoms with Gasteiger partial charge in [-0.2, -0.15) is 5.26 Å². The van der Waals surface area contributed by atoms with Gasteiger partial charge >= 0.3 is 6.09 Å². The number of carbonyl (C=O) groups excluding carboxylic acids is 2. The summed E-state index contributed by atoms with van der Waals surface area (Å²) in [5.41, 5.74) is -1.44. The van der Waals surface area contributed by atoms with E-state index in [4.69, 9.17) is 9.47 Å². The Bertz CT molecular complexity index is 1340. The molecule has 2 amide bonds. The lowest BCUT2D eigenvalue weighted by molar-refractivity contribution is -0.126. The van der Waals surface area contributed by atoms with Gasteiger partial charge < -0.3 is 19.7 Å². The highest BCUT2D eigenvalue weighted by molar-refractivity contribution is 6.10. The topological polar surface area (TPSA) is 91.7 Å². The van der Waals surface area contributed by atoms with E-state index >= 15 is 0 Å². The zero-order valence-corrected chi connectivity index (χ0v) is 21.7. The summed E-state index contributed by atoms with van der Waals surface area (Å²) in [6, 6.07) is 26.2. The van der Waals surface area contributed by atoms with E-state index in [2.05, 4.69) is 11.4 Å². The summed E-state index contributed by atoms with van der Waals surface area (Å²) in [6.45, 7) is 7.19. The van der Waals surface area contributed by atoms with Gasteiger partial charge in [-0.3, -0.25) is 4.79 Å². The summed E-state index contributed by atoms with van der Waals surface area (Å²) in [5.74, 6) is 0.199. The number of alkyl carbamates (subject to hydrolysis) is 1. The molecule has 1 N–H and O–H groups in total. The summed E-state index contributed by atoms with van der Waals surface area (Å²) in [6.07, 6.45) is -0.785. The largest absolute Gasteiger partial charge is 0.497 e. The lowest BCUT2D eigenvalue weighted by atomic mass is 9.64. The molecule has 0 aromatic heterocycles. The Morgan fingerprint density at radius 3 is 2.19 bits per heavy atom. The van der Waals surface area contributed by atoms with Gasteiger partial charge in [0.1, 0.15) is 16.8 Å². The van der Waals surface area contributed by atoms with Crippen LogP contribution in [0, 0.1) is 11.3 Å². The van der Waals surface area contributed by atoms with Crippen molar-refractivity contribution in [2.75, 3.05) is 12.0 Å². The van der Waals surface area contributed by atoms with E-state index in [1.807, 2.05) is 42.5 Å². The van der Waals surface area contributed by atoms with Crippen LogP contribution in [0.15, 0.2) is 78.9 Å². The van der Waals surface area contributed by atoms with Gasteiger partial charge in [-0.25, -0.2) is 4.79 Å². The van der Waals surface area contributed by atoms with E-state index in [1.54, 1.807) is 76.1 Å². The van der Waals surface area contributed by atoms with Crippen molar-refractivity contribution in [1.82, 2.24) is 5.32 Å². The van der Waals surface area contributed by atoms with Gasteiger partial charge in [0.2, 0.25) is 0 Å². The van der Waals surface area contributed by atoms with Crippen LogP contribution in [0.3, 0.4) is 0 Å². The second-order valence-electron chi connectivity index (χ2n) is 10.2. The van der Waals surface area contributed by atoms with Crippen LogP contribution in [-0.2, 0) is 27.0 Å². The fourth-order valence-corrected chi connectivity index (χ4v) is 4.85. The number of fused-ring (bicyclic) bond motifs is 1. The van der Waals surface area contributed by atoms with Gasteiger partial charge in [0, 0.05) is 5.56 Å². The lowest BCUT2D eigenvalue weighted by Crippen LogP contribution is -2.63. The van der Waals surface area contributed by atoms with Crippen molar-refractivity contribution in [3.8, 4) is 11.8 Å². The zero-order chi connectivity index (χ0) is 26.8. The molecule has 1 aliphatic rings. The highest BCUT2D eigenvalue weighted by Gasteiger charge is 2.64. The molecule has 0 saturated heterocycles. The molecule has 7 nitrogen and oxygen atoms in total. The Labute approximate surface area is 217 Å². The first-order valence-corrected chi connectivity index (χ1v) is 12.1. The molecule has 7 heteroatoms. The minimum Gasteiger partial charge on any atom is -0.497 e. The number of rotatable bonds is 6. The summed E-state index contributed by atoms with van der Waals surface area (Å²) in [7, 11) is 1.56. The predicted octanol–water partition coefficient (Wildman–Crippen LogP) is 5.44. The first-order chi connectivity index (χ1) is 17.6. The maximum absolute atomic E-state index is 14.6. The molecule has 3 aromatic carbocycles. The molecule has 37 heavy (non-hydrogen) atoms. The second kappa shape index (κ2) is 9.62. The highest BCUT2D eigenvalue weighted by Crippen LogP contribution is 2.52. The average Bonchev–Trinajstić information content (AvgIpc) is 3.11. The zero-order valence-electron chi connectivity index (χ0n) is 21.7. The van der Waals surface area contributed by atoms with Crippen LogP contribution in [0.25, 0.3) is 0 Å². The first kappa shape index (κ1) is 25.8. The average molecular weight is 498 g/mol. The fraction of sp³-hybridized carbons (Fsp3) is 0.300. The Hall–Kier alpha value is -4.31. The number of carbonyl (C=O) groups is 2. The first-order valence-electron chi connectivity index (χ1n) is 12.1. The molecule has 2 atom stereocenters. The van der Waals surface area contributed by atoms with Crippen molar-refractivity contribution < 1.29 is 19.1 Å².